The van der Waals surface area contributed by atoms with Crippen molar-refractivity contribution in [2.45, 2.75) is 19.3 Å². The lowest BCUT2D eigenvalue weighted by molar-refractivity contribution is -0.384. The number of Topliss-reactive ketones (excluding diaryl/α,β-unsaturated/α-hetero) is 1. The minimum atomic E-state index is -0.603. The van der Waals surface area contributed by atoms with Gasteiger partial charge in [-0.05, 0) is 6.42 Å². The van der Waals surface area contributed by atoms with Crippen LogP contribution in [0.4, 0.5) is 5.69 Å². The fraction of sp³-hybridized carbons (Fsp3) is 0.308. The number of likely N-dealkylation sites (tertiary alicyclic amines) is 1. The van der Waals surface area contributed by atoms with Crippen LogP contribution in [0.25, 0.3) is 0 Å². The van der Waals surface area contributed by atoms with Crippen LogP contribution in [0.1, 0.15) is 29.6 Å². The maximum absolute atomic E-state index is 12.0. The maximum Gasteiger partial charge on any atom is 0.270 e. The van der Waals surface area contributed by atoms with Gasteiger partial charge in [0.15, 0.2) is 5.78 Å². The van der Waals surface area contributed by atoms with Crippen molar-refractivity contribution in [3.05, 3.63) is 39.9 Å². The second-order valence-corrected chi connectivity index (χ2v) is 4.46. The van der Waals surface area contributed by atoms with Crippen molar-refractivity contribution in [1.29, 1.82) is 0 Å². The number of benzene rings is 1. The Balaban J connectivity index is 2.15. The average Bonchev–Trinajstić information content (AvgIpc) is 2.43. The van der Waals surface area contributed by atoms with Crippen molar-refractivity contribution in [3.63, 3.8) is 0 Å². The van der Waals surface area contributed by atoms with Crippen LogP contribution < -0.4 is 0 Å². The Labute approximate surface area is 114 Å². The molecular formula is C13H12N2O5. The first-order valence-corrected chi connectivity index (χ1v) is 6.10. The molecule has 0 saturated carbocycles. The lowest BCUT2D eigenvalue weighted by Gasteiger charge is -2.23. The van der Waals surface area contributed by atoms with Crippen molar-refractivity contribution >= 4 is 23.3 Å². The normalized spacial score (nSPS) is 15.3. The summed E-state index contributed by atoms with van der Waals surface area (Å²) in [6.45, 7) is -0.362. The highest BCUT2D eigenvalue weighted by molar-refractivity contribution is 6.05. The van der Waals surface area contributed by atoms with Gasteiger partial charge >= 0.3 is 0 Å². The minimum Gasteiger partial charge on any atom is -0.292 e. The van der Waals surface area contributed by atoms with E-state index in [9.17, 15) is 24.5 Å². The first-order valence-electron chi connectivity index (χ1n) is 6.10. The summed E-state index contributed by atoms with van der Waals surface area (Å²) >= 11 is 0. The number of hydrogen-bond donors (Lipinski definition) is 0. The van der Waals surface area contributed by atoms with E-state index in [1.165, 1.54) is 18.2 Å². The van der Waals surface area contributed by atoms with E-state index in [2.05, 4.69) is 0 Å². The molecule has 1 heterocycles. The largest absolute Gasteiger partial charge is 0.292 e. The molecule has 0 unspecified atom stereocenters. The Hall–Kier alpha value is -2.57. The molecule has 0 radical (unpaired) electrons. The lowest BCUT2D eigenvalue weighted by Crippen LogP contribution is -2.43. The number of hydrogen-bond acceptors (Lipinski definition) is 5. The molecule has 1 fully saturated rings. The van der Waals surface area contributed by atoms with Gasteiger partial charge in [0.1, 0.15) is 0 Å². The van der Waals surface area contributed by atoms with E-state index >= 15 is 0 Å². The van der Waals surface area contributed by atoms with Crippen molar-refractivity contribution in [2.24, 2.45) is 0 Å². The molecule has 0 aromatic heterocycles. The fourth-order valence-corrected chi connectivity index (χ4v) is 2.00. The molecule has 20 heavy (non-hydrogen) atoms. The van der Waals surface area contributed by atoms with Gasteiger partial charge in [0.25, 0.3) is 5.69 Å². The van der Waals surface area contributed by atoms with Crippen molar-refractivity contribution in [1.82, 2.24) is 4.90 Å². The van der Waals surface area contributed by atoms with Gasteiger partial charge in [-0.15, -0.1) is 0 Å². The van der Waals surface area contributed by atoms with E-state index in [0.717, 1.165) is 11.0 Å². The molecule has 0 atom stereocenters. The van der Waals surface area contributed by atoms with Crippen LogP contribution in [0, 0.1) is 10.1 Å². The third kappa shape index (κ3) is 2.87. The first-order chi connectivity index (χ1) is 9.49. The fourth-order valence-electron chi connectivity index (χ4n) is 2.00. The van der Waals surface area contributed by atoms with Gasteiger partial charge in [0.05, 0.1) is 11.5 Å². The smallest absolute Gasteiger partial charge is 0.270 e. The molecule has 0 bridgehead atoms. The number of non-ortho nitro benzene ring substituents is 1. The van der Waals surface area contributed by atoms with Gasteiger partial charge in [-0.25, -0.2) is 0 Å². The van der Waals surface area contributed by atoms with Crippen LogP contribution >= 0.6 is 0 Å². The number of ketones is 1. The number of carbonyl (C=O) groups excluding carboxylic acids is 3. The maximum atomic E-state index is 12.0. The molecule has 1 aliphatic rings. The quantitative estimate of drug-likeness (QED) is 0.357. The van der Waals surface area contributed by atoms with Gasteiger partial charge in [-0.3, -0.25) is 29.4 Å². The molecule has 1 saturated heterocycles. The molecule has 0 N–H and O–H groups in total. The summed E-state index contributed by atoms with van der Waals surface area (Å²) < 4.78 is 0. The molecule has 1 aromatic rings. The molecule has 2 amide bonds. The zero-order valence-corrected chi connectivity index (χ0v) is 10.6. The van der Waals surface area contributed by atoms with E-state index in [-0.39, 0.29) is 42.5 Å². The predicted octanol–water partition coefficient (Wildman–Crippen LogP) is 1.32. The third-order valence-electron chi connectivity index (χ3n) is 3.06. The molecule has 7 heteroatoms. The number of carbonyl (C=O) groups is 3. The molecule has 104 valence electrons. The monoisotopic (exact) mass is 276 g/mol. The van der Waals surface area contributed by atoms with Crippen LogP contribution in [0.2, 0.25) is 0 Å². The number of nitro groups is 1. The van der Waals surface area contributed by atoms with Gasteiger partial charge < -0.3 is 0 Å². The standard InChI is InChI=1S/C13H12N2O5/c16-11(8-14-12(17)5-2-6-13(14)18)9-3-1-4-10(7-9)15(19)20/h1,3-4,7H,2,5-6,8H2. The second-order valence-electron chi connectivity index (χ2n) is 4.46. The van der Waals surface area contributed by atoms with Crippen molar-refractivity contribution in [2.75, 3.05) is 6.54 Å². The summed E-state index contributed by atoms with van der Waals surface area (Å²) in [5.74, 6) is -1.24. The summed E-state index contributed by atoms with van der Waals surface area (Å²) in [6.07, 6.45) is 0.987. The Kier molecular flexibility index (Phi) is 3.88. The third-order valence-corrected chi connectivity index (χ3v) is 3.06. The number of nitro benzene ring substituents is 1. The Bertz CT molecular complexity index is 580. The number of amides is 2. The molecule has 2 rings (SSSR count). The van der Waals surface area contributed by atoms with E-state index < -0.39 is 10.7 Å². The topological polar surface area (TPSA) is 97.6 Å². The van der Waals surface area contributed by atoms with Gasteiger partial charge in [0, 0.05) is 30.5 Å². The van der Waals surface area contributed by atoms with E-state index in [0.29, 0.717) is 6.42 Å². The van der Waals surface area contributed by atoms with Crippen molar-refractivity contribution in [3.8, 4) is 0 Å². The van der Waals surface area contributed by atoms with Crippen LogP contribution in [0.15, 0.2) is 24.3 Å². The zero-order valence-electron chi connectivity index (χ0n) is 10.6. The van der Waals surface area contributed by atoms with Crippen LogP contribution in [0.5, 0.6) is 0 Å². The number of piperidine rings is 1. The molecule has 1 aliphatic heterocycles. The predicted molar refractivity (Wildman–Crippen MR) is 68.0 cm³/mol. The molecule has 0 spiro atoms. The highest BCUT2D eigenvalue weighted by atomic mass is 16.6. The highest BCUT2D eigenvalue weighted by Gasteiger charge is 2.28. The Morgan fingerprint density at radius 1 is 1.25 bits per heavy atom. The van der Waals surface area contributed by atoms with E-state index in [1.54, 1.807) is 0 Å². The Morgan fingerprint density at radius 2 is 1.90 bits per heavy atom. The van der Waals surface area contributed by atoms with Crippen molar-refractivity contribution < 1.29 is 19.3 Å². The summed E-state index contributed by atoms with van der Waals surface area (Å²) in [7, 11) is 0. The molecule has 0 aliphatic carbocycles. The minimum absolute atomic E-state index is 0.116. The first kappa shape index (κ1) is 13.9. The summed E-state index contributed by atoms with van der Waals surface area (Å²) in [5, 5.41) is 10.6. The number of nitrogens with zero attached hydrogens (tertiary/aromatic N) is 2. The average molecular weight is 276 g/mol. The van der Waals surface area contributed by atoms with Crippen LogP contribution in [0.3, 0.4) is 0 Å². The van der Waals surface area contributed by atoms with Crippen LogP contribution in [-0.4, -0.2) is 34.0 Å². The number of rotatable bonds is 4. The Morgan fingerprint density at radius 3 is 2.50 bits per heavy atom. The lowest BCUT2D eigenvalue weighted by atomic mass is 10.1. The zero-order chi connectivity index (χ0) is 14.7. The summed E-state index contributed by atoms with van der Waals surface area (Å²) in [5.41, 5.74) is -0.0856. The van der Waals surface area contributed by atoms with Gasteiger partial charge in [-0.2, -0.15) is 0 Å². The van der Waals surface area contributed by atoms with Crippen LogP contribution in [-0.2, 0) is 9.59 Å². The molecule has 7 nitrogen and oxygen atoms in total. The van der Waals surface area contributed by atoms with E-state index in [4.69, 9.17) is 0 Å². The molecular weight excluding hydrogens is 264 g/mol. The summed E-state index contributed by atoms with van der Waals surface area (Å²) in [4.78, 5) is 46.2. The highest BCUT2D eigenvalue weighted by Crippen LogP contribution is 2.16. The van der Waals surface area contributed by atoms with Gasteiger partial charge in [-0.1, -0.05) is 12.1 Å². The van der Waals surface area contributed by atoms with E-state index in [1.807, 2.05) is 0 Å². The number of imide groups is 1. The van der Waals surface area contributed by atoms with Gasteiger partial charge in [0.2, 0.25) is 11.8 Å². The molecule has 1 aromatic carbocycles. The summed E-state index contributed by atoms with van der Waals surface area (Å²) in [6, 6.07) is 5.23. The second kappa shape index (κ2) is 5.60. The SMILES string of the molecule is O=C(CN1C(=O)CCCC1=O)c1cccc([N+](=O)[O-])c1.